The molecule has 6 rings (SSSR count). The summed E-state index contributed by atoms with van der Waals surface area (Å²) in [5.41, 5.74) is 7.97. The van der Waals surface area contributed by atoms with E-state index in [9.17, 15) is 4.79 Å². The van der Waals surface area contributed by atoms with Gasteiger partial charge < -0.3 is 4.74 Å². The third-order valence-corrected chi connectivity index (χ3v) is 7.77. The lowest BCUT2D eigenvalue weighted by molar-refractivity contribution is 0.363. The minimum absolute atomic E-state index is 0.00727. The molecule has 1 aliphatic carbocycles. The molecule has 0 saturated carbocycles. The Morgan fingerprint density at radius 1 is 1.08 bits per heavy atom. The molecule has 1 aromatic heterocycles. The lowest BCUT2D eigenvalue weighted by Crippen LogP contribution is -2.38. The molecule has 0 fully saturated rings. The molecule has 0 radical (unpaired) electrons. The van der Waals surface area contributed by atoms with Crippen LogP contribution in [-0.4, -0.2) is 11.2 Å². The number of allylic oxidation sites excluding steroid dienone is 1. The van der Waals surface area contributed by atoms with E-state index in [0.717, 1.165) is 40.2 Å². The van der Waals surface area contributed by atoms with Crippen molar-refractivity contribution in [1.82, 2.24) is 4.57 Å². The van der Waals surface area contributed by atoms with Gasteiger partial charge in [0.15, 0.2) is 4.80 Å². The monoisotopic (exact) mass is 490 g/mol. The Labute approximate surface area is 213 Å². The third-order valence-electron chi connectivity index (χ3n) is 6.79. The zero-order chi connectivity index (χ0) is 24.6. The number of fused-ring (bicyclic) bond motifs is 3. The third kappa shape index (κ3) is 3.95. The smallest absolute Gasteiger partial charge is 0.271 e. The average molecular weight is 491 g/mol. The van der Waals surface area contributed by atoms with Crippen molar-refractivity contribution in [1.29, 1.82) is 0 Å². The van der Waals surface area contributed by atoms with Crippen LogP contribution in [0.25, 0.3) is 11.8 Å². The van der Waals surface area contributed by atoms with Crippen LogP contribution in [0.1, 0.15) is 40.3 Å². The van der Waals surface area contributed by atoms with Crippen molar-refractivity contribution >= 4 is 23.1 Å². The Bertz CT molecular complexity index is 1690. The molecule has 4 aromatic rings. The van der Waals surface area contributed by atoms with E-state index in [-0.39, 0.29) is 11.6 Å². The minimum Gasteiger partial charge on any atom is -0.490 e. The van der Waals surface area contributed by atoms with Crippen molar-refractivity contribution in [2.45, 2.75) is 25.8 Å². The first-order chi connectivity index (χ1) is 17.6. The second-order valence-electron chi connectivity index (χ2n) is 9.20. The highest BCUT2D eigenvalue weighted by Crippen LogP contribution is 2.41. The predicted octanol–water partition coefficient (Wildman–Crippen LogP) is 5.19. The van der Waals surface area contributed by atoms with Gasteiger partial charge in [0, 0.05) is 5.56 Å². The minimum atomic E-state index is -0.158. The Morgan fingerprint density at radius 3 is 2.75 bits per heavy atom. The number of aromatic nitrogens is 1. The van der Waals surface area contributed by atoms with Crippen LogP contribution in [0.5, 0.6) is 5.75 Å². The molecule has 178 valence electrons. The maximum Gasteiger partial charge on any atom is 0.271 e. The summed E-state index contributed by atoms with van der Waals surface area (Å²) >= 11 is 1.45. The van der Waals surface area contributed by atoms with Crippen LogP contribution in [0.15, 0.2) is 101 Å². The molecule has 0 bridgehead atoms. The number of rotatable bonds is 5. The van der Waals surface area contributed by atoms with Crippen LogP contribution in [0.3, 0.4) is 0 Å². The van der Waals surface area contributed by atoms with Crippen molar-refractivity contribution in [2.75, 3.05) is 6.61 Å². The van der Waals surface area contributed by atoms with Crippen molar-refractivity contribution < 1.29 is 4.74 Å². The molecule has 5 heteroatoms. The van der Waals surface area contributed by atoms with Crippen LogP contribution in [0, 0.1) is 6.92 Å². The zero-order valence-corrected chi connectivity index (χ0v) is 20.9. The first-order valence-corrected chi connectivity index (χ1v) is 13.0. The summed E-state index contributed by atoms with van der Waals surface area (Å²) in [6.45, 7) is 6.23. The van der Waals surface area contributed by atoms with Crippen molar-refractivity contribution in [3.05, 3.63) is 139 Å². The summed E-state index contributed by atoms with van der Waals surface area (Å²) in [6.07, 6.45) is 5.50. The van der Waals surface area contributed by atoms with Gasteiger partial charge in [-0.15, -0.1) is 0 Å². The van der Waals surface area contributed by atoms with Gasteiger partial charge in [-0.25, -0.2) is 4.99 Å². The number of benzene rings is 3. The van der Waals surface area contributed by atoms with E-state index < -0.39 is 0 Å². The van der Waals surface area contributed by atoms with Gasteiger partial charge in [-0.1, -0.05) is 90.2 Å². The Morgan fingerprint density at radius 2 is 1.92 bits per heavy atom. The summed E-state index contributed by atoms with van der Waals surface area (Å²) in [5.74, 6) is 0.751. The van der Waals surface area contributed by atoms with Crippen LogP contribution >= 0.6 is 11.3 Å². The van der Waals surface area contributed by atoms with Crippen LogP contribution in [0.4, 0.5) is 0 Å². The standard InChI is InChI=1S/C31H26N2O2S/c1-3-17-35-24-9-6-7-21(18-24)19-27-30(34)33-29(23-13-11-20(2)12-14-23)26-16-15-22-8-4-5-10-25(22)28(26)32-31(33)36-27/h3-14,18-19,29H,1,15-17H2,2H3. The first kappa shape index (κ1) is 22.5. The van der Waals surface area contributed by atoms with Crippen LogP contribution < -0.4 is 19.6 Å². The van der Waals surface area contributed by atoms with E-state index in [2.05, 4.69) is 62.0 Å². The predicted molar refractivity (Wildman–Crippen MR) is 146 cm³/mol. The molecule has 3 aromatic carbocycles. The van der Waals surface area contributed by atoms with E-state index in [0.29, 0.717) is 11.1 Å². The van der Waals surface area contributed by atoms with E-state index in [4.69, 9.17) is 9.73 Å². The quantitative estimate of drug-likeness (QED) is 0.361. The second-order valence-corrected chi connectivity index (χ2v) is 10.2. The fourth-order valence-corrected chi connectivity index (χ4v) is 6.07. The molecule has 36 heavy (non-hydrogen) atoms. The largest absolute Gasteiger partial charge is 0.490 e. The van der Waals surface area contributed by atoms with E-state index in [1.807, 2.05) is 34.9 Å². The topological polar surface area (TPSA) is 43.6 Å². The molecule has 1 atom stereocenters. The number of hydrogen-bond donors (Lipinski definition) is 0. The highest BCUT2D eigenvalue weighted by molar-refractivity contribution is 7.07. The molecule has 1 aliphatic heterocycles. The highest BCUT2D eigenvalue weighted by atomic mass is 32.1. The Hall–Kier alpha value is -3.96. The van der Waals surface area contributed by atoms with Gasteiger partial charge in [0.1, 0.15) is 12.4 Å². The van der Waals surface area contributed by atoms with E-state index in [1.165, 1.54) is 33.6 Å². The van der Waals surface area contributed by atoms with Gasteiger partial charge in [0.2, 0.25) is 0 Å². The molecule has 2 heterocycles. The van der Waals surface area contributed by atoms with Gasteiger partial charge in [0.05, 0.1) is 16.3 Å². The molecular weight excluding hydrogens is 464 g/mol. The molecule has 0 saturated heterocycles. The molecule has 0 N–H and O–H groups in total. The van der Waals surface area contributed by atoms with E-state index in [1.54, 1.807) is 6.08 Å². The molecular formula is C31H26N2O2S. The maximum absolute atomic E-state index is 13.9. The van der Waals surface area contributed by atoms with Gasteiger partial charge in [-0.3, -0.25) is 9.36 Å². The second kappa shape index (κ2) is 9.25. The number of thiazole rings is 1. The zero-order valence-electron chi connectivity index (χ0n) is 20.1. The maximum atomic E-state index is 13.9. The van der Waals surface area contributed by atoms with Gasteiger partial charge >= 0.3 is 0 Å². The lowest BCUT2D eigenvalue weighted by atomic mass is 9.83. The highest BCUT2D eigenvalue weighted by Gasteiger charge is 2.32. The summed E-state index contributed by atoms with van der Waals surface area (Å²) < 4.78 is 8.25. The fourth-order valence-electron chi connectivity index (χ4n) is 5.07. The van der Waals surface area contributed by atoms with Gasteiger partial charge in [0.25, 0.3) is 5.56 Å². The van der Waals surface area contributed by atoms with Crippen molar-refractivity contribution in [3.8, 4) is 5.75 Å². The molecule has 0 spiro atoms. The molecule has 1 unspecified atom stereocenters. The van der Waals surface area contributed by atoms with Crippen molar-refractivity contribution in [3.63, 3.8) is 0 Å². The molecule has 0 amide bonds. The average Bonchev–Trinajstić information content (AvgIpc) is 3.21. The van der Waals surface area contributed by atoms with E-state index >= 15 is 0 Å². The Balaban J connectivity index is 1.55. The fraction of sp³-hybridized carbons (Fsp3) is 0.161. The number of aryl methyl sites for hydroxylation is 2. The SMILES string of the molecule is C=CCOc1cccc(C=c2sc3n(c2=O)C(c2ccc(C)cc2)C2=C(N=3)c3ccccc3CC2)c1. The summed E-state index contributed by atoms with van der Waals surface area (Å²) in [6, 6.07) is 24.7. The van der Waals surface area contributed by atoms with Gasteiger partial charge in [-0.2, -0.15) is 0 Å². The van der Waals surface area contributed by atoms with Crippen LogP contribution in [-0.2, 0) is 6.42 Å². The Kier molecular flexibility index (Phi) is 5.78. The lowest BCUT2D eigenvalue weighted by Gasteiger charge is -2.30. The summed E-state index contributed by atoms with van der Waals surface area (Å²) in [7, 11) is 0. The normalized spacial score (nSPS) is 16.6. The van der Waals surface area contributed by atoms with Crippen molar-refractivity contribution in [2.24, 2.45) is 4.99 Å². The number of nitrogens with zero attached hydrogens (tertiary/aromatic N) is 2. The summed E-state index contributed by atoms with van der Waals surface area (Å²) in [4.78, 5) is 19.7. The molecule has 4 nitrogen and oxygen atoms in total. The first-order valence-electron chi connectivity index (χ1n) is 12.2. The molecule has 2 aliphatic rings. The number of hydrogen-bond acceptors (Lipinski definition) is 4. The van der Waals surface area contributed by atoms with Gasteiger partial charge in [-0.05, 0) is 60.2 Å². The van der Waals surface area contributed by atoms with Crippen LogP contribution in [0.2, 0.25) is 0 Å². The number of ether oxygens (including phenoxy) is 1. The summed E-state index contributed by atoms with van der Waals surface area (Å²) in [5, 5.41) is 0.